The largest absolute Gasteiger partial charge is 0.444 e. The first-order chi connectivity index (χ1) is 12.1. The highest BCUT2D eigenvalue weighted by Crippen LogP contribution is 2.21. The lowest BCUT2D eigenvalue weighted by Gasteiger charge is -2.25. The molecular weight excluding hydrogens is 346 g/mol. The van der Waals surface area contributed by atoms with Crippen molar-refractivity contribution >= 4 is 29.8 Å². The van der Waals surface area contributed by atoms with E-state index in [0.29, 0.717) is 24.4 Å². The molecule has 0 bridgehead atoms. The molecule has 1 N–H and O–H groups in total. The topological polar surface area (TPSA) is 122 Å². The van der Waals surface area contributed by atoms with Crippen molar-refractivity contribution in [1.29, 1.82) is 0 Å². The quantitative estimate of drug-likeness (QED) is 0.698. The minimum Gasteiger partial charge on any atom is -0.444 e. The van der Waals surface area contributed by atoms with Gasteiger partial charge in [0.1, 0.15) is 18.2 Å². The molecule has 2 aliphatic rings. The second-order valence-electron chi connectivity index (χ2n) is 7.09. The van der Waals surface area contributed by atoms with Crippen LogP contribution in [0.2, 0.25) is 0 Å². The van der Waals surface area contributed by atoms with Crippen molar-refractivity contribution < 1.29 is 33.5 Å². The Morgan fingerprint density at radius 2 is 1.77 bits per heavy atom. The maximum absolute atomic E-state index is 12.3. The predicted molar refractivity (Wildman–Crippen MR) is 86.2 cm³/mol. The average Bonchev–Trinajstić information content (AvgIpc) is 3.13. The van der Waals surface area contributed by atoms with E-state index in [9.17, 15) is 24.0 Å². The molecule has 10 nitrogen and oxygen atoms in total. The van der Waals surface area contributed by atoms with Gasteiger partial charge in [-0.1, -0.05) is 0 Å². The summed E-state index contributed by atoms with van der Waals surface area (Å²) in [7, 11) is 0. The normalized spacial score (nSPS) is 20.3. The number of carbonyl (C=O) groups is 5. The van der Waals surface area contributed by atoms with Gasteiger partial charge in [0.05, 0.1) is 0 Å². The lowest BCUT2D eigenvalue weighted by Crippen LogP contribution is -2.48. The third-order valence-electron chi connectivity index (χ3n) is 3.82. The Bertz CT molecular complexity index is 610. The molecule has 4 amide bonds. The van der Waals surface area contributed by atoms with E-state index in [1.54, 1.807) is 20.8 Å². The number of hydrogen-bond donors (Lipinski definition) is 1. The number of ether oxygens (including phenoxy) is 1. The van der Waals surface area contributed by atoms with E-state index in [1.807, 2.05) is 0 Å². The van der Waals surface area contributed by atoms with Crippen LogP contribution in [0.3, 0.4) is 0 Å². The molecule has 10 heteroatoms. The first kappa shape index (κ1) is 19.7. The molecule has 1 unspecified atom stereocenters. The van der Waals surface area contributed by atoms with Crippen LogP contribution in [0.1, 0.15) is 46.5 Å². The van der Waals surface area contributed by atoms with Crippen LogP contribution in [0.5, 0.6) is 0 Å². The van der Waals surface area contributed by atoms with Gasteiger partial charge in [0.2, 0.25) is 5.91 Å². The lowest BCUT2D eigenvalue weighted by atomic mass is 10.2. The number of carbonyl (C=O) groups excluding carboxylic acids is 5. The maximum Gasteiger partial charge on any atom is 0.408 e. The van der Waals surface area contributed by atoms with Crippen molar-refractivity contribution in [3.63, 3.8) is 0 Å². The Morgan fingerprint density at radius 1 is 1.15 bits per heavy atom. The van der Waals surface area contributed by atoms with E-state index >= 15 is 0 Å². The van der Waals surface area contributed by atoms with E-state index < -0.39 is 41.4 Å². The Labute approximate surface area is 150 Å². The molecule has 0 aromatic rings. The number of rotatable bonds is 4. The van der Waals surface area contributed by atoms with Crippen molar-refractivity contribution in [2.24, 2.45) is 0 Å². The van der Waals surface area contributed by atoms with Crippen molar-refractivity contribution in [2.75, 3.05) is 13.1 Å². The van der Waals surface area contributed by atoms with Crippen LogP contribution in [-0.2, 0) is 28.8 Å². The summed E-state index contributed by atoms with van der Waals surface area (Å²) in [6.07, 6.45) is 0.184. The molecule has 0 aliphatic carbocycles. The fourth-order valence-corrected chi connectivity index (χ4v) is 2.68. The number of nitrogens with one attached hydrogen (secondary N) is 1. The van der Waals surface area contributed by atoms with Crippen molar-refractivity contribution in [2.45, 2.75) is 58.1 Å². The second kappa shape index (κ2) is 7.71. The Hall–Kier alpha value is -2.65. The number of hydroxylamine groups is 2. The summed E-state index contributed by atoms with van der Waals surface area (Å²) in [6.45, 7) is 5.07. The zero-order valence-corrected chi connectivity index (χ0v) is 15.1. The van der Waals surface area contributed by atoms with E-state index in [2.05, 4.69) is 5.32 Å². The smallest absolute Gasteiger partial charge is 0.408 e. The van der Waals surface area contributed by atoms with E-state index in [4.69, 9.17) is 9.57 Å². The summed E-state index contributed by atoms with van der Waals surface area (Å²) in [4.78, 5) is 65.4. The summed E-state index contributed by atoms with van der Waals surface area (Å²) >= 11 is 0. The Morgan fingerprint density at radius 3 is 2.35 bits per heavy atom. The van der Waals surface area contributed by atoms with E-state index in [1.165, 1.54) is 4.90 Å². The highest BCUT2D eigenvalue weighted by molar-refractivity contribution is 6.02. The van der Waals surface area contributed by atoms with Crippen LogP contribution in [0.4, 0.5) is 4.79 Å². The molecule has 0 saturated carbocycles. The first-order valence-corrected chi connectivity index (χ1v) is 8.42. The first-order valence-electron chi connectivity index (χ1n) is 8.42. The van der Waals surface area contributed by atoms with Gasteiger partial charge in [-0.3, -0.25) is 14.4 Å². The summed E-state index contributed by atoms with van der Waals surface area (Å²) in [5, 5.41) is 2.80. The Balaban J connectivity index is 1.89. The monoisotopic (exact) mass is 369 g/mol. The average molecular weight is 369 g/mol. The van der Waals surface area contributed by atoms with E-state index in [0.717, 1.165) is 0 Å². The van der Waals surface area contributed by atoms with Crippen LogP contribution in [0.15, 0.2) is 0 Å². The third-order valence-corrected chi connectivity index (χ3v) is 3.82. The summed E-state index contributed by atoms with van der Waals surface area (Å²) in [5.41, 5.74) is -0.693. The number of hydrogen-bond acceptors (Lipinski definition) is 7. The van der Waals surface area contributed by atoms with Gasteiger partial charge in [-0.2, -0.15) is 0 Å². The number of alkyl carbamates (subject to hydrolysis) is 1. The van der Waals surface area contributed by atoms with Gasteiger partial charge in [-0.05, 0) is 33.6 Å². The zero-order valence-electron chi connectivity index (χ0n) is 15.1. The fourth-order valence-electron chi connectivity index (χ4n) is 2.68. The molecule has 2 rings (SSSR count). The Kier molecular flexibility index (Phi) is 5.83. The molecule has 26 heavy (non-hydrogen) atoms. The maximum atomic E-state index is 12.3. The van der Waals surface area contributed by atoms with Crippen molar-refractivity contribution in [3.8, 4) is 0 Å². The second-order valence-corrected chi connectivity index (χ2v) is 7.09. The van der Waals surface area contributed by atoms with Crippen LogP contribution < -0.4 is 5.32 Å². The summed E-state index contributed by atoms with van der Waals surface area (Å²) < 4.78 is 5.04. The van der Waals surface area contributed by atoms with Gasteiger partial charge < -0.3 is 19.8 Å². The standard InChI is InChI=1S/C16H23N3O7/c1-16(2,3)25-15(24)17-9-13(22)18-8-4-5-10(18)14(23)26-19-11(20)6-7-12(19)21/h10H,4-9H2,1-3H3,(H,17,24). The van der Waals surface area contributed by atoms with E-state index in [-0.39, 0.29) is 19.4 Å². The molecular formula is C16H23N3O7. The summed E-state index contributed by atoms with van der Waals surface area (Å²) in [6, 6.07) is -0.899. The zero-order chi connectivity index (χ0) is 19.5. The van der Waals surface area contributed by atoms with Gasteiger partial charge in [-0.25, -0.2) is 9.59 Å². The molecule has 2 saturated heterocycles. The molecule has 0 spiro atoms. The van der Waals surface area contributed by atoms with Crippen molar-refractivity contribution in [1.82, 2.24) is 15.3 Å². The number of likely N-dealkylation sites (tertiary alicyclic amines) is 1. The third kappa shape index (κ3) is 4.93. The van der Waals surface area contributed by atoms with Gasteiger partial charge in [0.15, 0.2) is 0 Å². The predicted octanol–water partition coefficient (Wildman–Crippen LogP) is 0.109. The minimum atomic E-state index is -0.899. The SMILES string of the molecule is CC(C)(C)OC(=O)NCC(=O)N1CCCC1C(=O)ON1C(=O)CCC1=O. The van der Waals surface area contributed by atoms with Gasteiger partial charge >= 0.3 is 12.1 Å². The van der Waals surface area contributed by atoms with Crippen LogP contribution in [0.25, 0.3) is 0 Å². The van der Waals surface area contributed by atoms with Crippen LogP contribution >= 0.6 is 0 Å². The molecule has 2 heterocycles. The van der Waals surface area contributed by atoms with Crippen molar-refractivity contribution in [3.05, 3.63) is 0 Å². The highest BCUT2D eigenvalue weighted by atomic mass is 16.7. The molecule has 2 aliphatic heterocycles. The van der Waals surface area contributed by atoms with Gasteiger partial charge in [0, 0.05) is 19.4 Å². The number of nitrogens with zero attached hydrogens (tertiary/aromatic N) is 2. The number of imide groups is 1. The fraction of sp³-hybridized carbons (Fsp3) is 0.688. The lowest BCUT2D eigenvalue weighted by molar-refractivity contribution is -0.200. The minimum absolute atomic E-state index is 0.000761. The van der Waals surface area contributed by atoms with Gasteiger partial charge in [-0.15, -0.1) is 5.06 Å². The van der Waals surface area contributed by atoms with Crippen LogP contribution in [0, 0.1) is 0 Å². The molecule has 2 fully saturated rings. The highest BCUT2D eigenvalue weighted by Gasteiger charge is 2.40. The van der Waals surface area contributed by atoms with Crippen LogP contribution in [-0.4, -0.2) is 64.5 Å². The molecule has 1 atom stereocenters. The number of amides is 4. The molecule has 0 aromatic heterocycles. The van der Waals surface area contributed by atoms with Gasteiger partial charge in [0.25, 0.3) is 11.8 Å². The summed E-state index contributed by atoms with van der Waals surface area (Å²) in [5.74, 6) is -2.47. The molecule has 0 aromatic carbocycles. The molecule has 144 valence electrons. The molecule has 0 radical (unpaired) electrons.